The van der Waals surface area contributed by atoms with Gasteiger partial charge in [-0.1, -0.05) is 23.7 Å². The number of carbonyl (C=O) groups is 1. The summed E-state index contributed by atoms with van der Waals surface area (Å²) in [6.07, 6.45) is 3.48. The normalized spacial score (nSPS) is 13.3. The highest BCUT2D eigenvalue weighted by Gasteiger charge is 2.18. The van der Waals surface area contributed by atoms with Gasteiger partial charge in [0.25, 0.3) is 5.91 Å². The molecule has 3 rings (SSSR count). The molecule has 1 aliphatic carbocycles. The van der Waals surface area contributed by atoms with Gasteiger partial charge in [0.2, 0.25) is 0 Å². The van der Waals surface area contributed by atoms with E-state index in [9.17, 15) is 4.79 Å². The maximum absolute atomic E-state index is 12.1. The third kappa shape index (κ3) is 2.82. The molecule has 0 fully saturated rings. The number of fused-ring (bicyclic) bond motifs is 1. The van der Waals surface area contributed by atoms with Gasteiger partial charge < -0.3 is 5.32 Å². The number of carbonyl (C=O) groups excluding carboxylic acids is 1. The van der Waals surface area contributed by atoms with Crippen LogP contribution < -0.4 is 5.32 Å². The van der Waals surface area contributed by atoms with Crippen molar-refractivity contribution < 1.29 is 4.79 Å². The number of rotatable bonds is 3. The molecule has 1 aromatic heterocycles. The topological polar surface area (TPSA) is 29.1 Å². The summed E-state index contributed by atoms with van der Waals surface area (Å²) in [4.78, 5) is 14.3. The van der Waals surface area contributed by atoms with E-state index < -0.39 is 0 Å². The predicted molar refractivity (Wildman–Crippen MR) is 79.0 cm³/mol. The summed E-state index contributed by atoms with van der Waals surface area (Å²) in [5.74, 6) is 0.0225. The zero-order chi connectivity index (χ0) is 13.2. The highest BCUT2D eigenvalue weighted by molar-refractivity contribution is 7.14. The van der Waals surface area contributed by atoms with Gasteiger partial charge >= 0.3 is 0 Å². The Morgan fingerprint density at radius 2 is 2.05 bits per heavy atom. The lowest BCUT2D eigenvalue weighted by Gasteiger charge is -2.04. The average Bonchev–Trinajstić information content (AvgIpc) is 2.98. The van der Waals surface area contributed by atoms with Crippen LogP contribution in [0.25, 0.3) is 0 Å². The zero-order valence-electron chi connectivity index (χ0n) is 10.4. The Bertz CT molecular complexity index is 582. The molecule has 0 atom stereocenters. The van der Waals surface area contributed by atoms with E-state index >= 15 is 0 Å². The van der Waals surface area contributed by atoms with Crippen molar-refractivity contribution >= 4 is 28.8 Å². The van der Waals surface area contributed by atoms with Gasteiger partial charge in [-0.15, -0.1) is 11.3 Å². The third-order valence-electron chi connectivity index (χ3n) is 3.34. The number of hydrogen-bond donors (Lipinski definition) is 1. The lowest BCUT2D eigenvalue weighted by atomic mass is 10.2. The Hall–Kier alpha value is -1.32. The van der Waals surface area contributed by atoms with Gasteiger partial charge in [-0.05, 0) is 48.6 Å². The van der Waals surface area contributed by atoms with Crippen LogP contribution in [0.2, 0.25) is 5.02 Å². The number of thiophene rings is 1. The SMILES string of the molecule is O=C(NCc1ccc(Cl)cc1)c1cc2c(s1)CCC2. The van der Waals surface area contributed by atoms with E-state index in [-0.39, 0.29) is 5.91 Å². The lowest BCUT2D eigenvalue weighted by molar-refractivity contribution is 0.0955. The molecule has 2 aromatic rings. The minimum Gasteiger partial charge on any atom is -0.347 e. The van der Waals surface area contributed by atoms with Crippen molar-refractivity contribution in [2.75, 3.05) is 0 Å². The summed E-state index contributed by atoms with van der Waals surface area (Å²) < 4.78 is 0. The van der Waals surface area contributed by atoms with Crippen molar-refractivity contribution in [1.29, 1.82) is 0 Å². The van der Waals surface area contributed by atoms with Crippen LogP contribution in [0, 0.1) is 0 Å². The average molecular weight is 292 g/mol. The minimum absolute atomic E-state index is 0.0225. The Balaban J connectivity index is 1.63. The highest BCUT2D eigenvalue weighted by atomic mass is 35.5. The lowest BCUT2D eigenvalue weighted by Crippen LogP contribution is -2.21. The van der Waals surface area contributed by atoms with Crippen LogP contribution in [-0.2, 0) is 19.4 Å². The summed E-state index contributed by atoms with van der Waals surface area (Å²) in [6.45, 7) is 0.540. The summed E-state index contributed by atoms with van der Waals surface area (Å²) in [5.41, 5.74) is 2.42. The molecule has 1 aromatic carbocycles. The fourth-order valence-electron chi connectivity index (χ4n) is 2.31. The first-order chi connectivity index (χ1) is 9.22. The van der Waals surface area contributed by atoms with Crippen LogP contribution in [0.15, 0.2) is 30.3 Å². The summed E-state index contributed by atoms with van der Waals surface area (Å²) in [6, 6.07) is 9.57. The Labute approximate surface area is 121 Å². The smallest absolute Gasteiger partial charge is 0.261 e. The van der Waals surface area contributed by atoms with E-state index in [1.165, 1.54) is 16.9 Å². The first kappa shape index (κ1) is 12.7. The second-order valence-corrected chi connectivity index (χ2v) is 6.29. The number of aryl methyl sites for hydroxylation is 2. The molecule has 0 spiro atoms. The minimum atomic E-state index is 0.0225. The molecular weight excluding hydrogens is 278 g/mol. The van der Waals surface area contributed by atoms with Crippen molar-refractivity contribution in [2.45, 2.75) is 25.8 Å². The van der Waals surface area contributed by atoms with Crippen molar-refractivity contribution in [3.8, 4) is 0 Å². The molecule has 1 N–H and O–H groups in total. The Kier molecular flexibility index (Phi) is 3.58. The second-order valence-electron chi connectivity index (χ2n) is 4.72. The number of benzene rings is 1. The van der Waals surface area contributed by atoms with Gasteiger partial charge in [0.15, 0.2) is 0 Å². The number of halogens is 1. The van der Waals surface area contributed by atoms with E-state index in [4.69, 9.17) is 11.6 Å². The molecule has 1 aliphatic rings. The van der Waals surface area contributed by atoms with E-state index in [2.05, 4.69) is 5.32 Å². The molecule has 2 nitrogen and oxygen atoms in total. The van der Waals surface area contributed by atoms with Crippen molar-refractivity contribution in [1.82, 2.24) is 5.32 Å². The van der Waals surface area contributed by atoms with E-state index in [0.717, 1.165) is 23.3 Å². The van der Waals surface area contributed by atoms with Crippen molar-refractivity contribution in [3.63, 3.8) is 0 Å². The molecule has 0 aliphatic heterocycles. The van der Waals surface area contributed by atoms with Gasteiger partial charge in [-0.3, -0.25) is 4.79 Å². The van der Waals surface area contributed by atoms with Crippen LogP contribution in [-0.4, -0.2) is 5.91 Å². The van der Waals surface area contributed by atoms with E-state index in [0.29, 0.717) is 11.6 Å². The maximum Gasteiger partial charge on any atom is 0.261 e. The summed E-state index contributed by atoms with van der Waals surface area (Å²) in [5, 5.41) is 3.66. The highest BCUT2D eigenvalue weighted by Crippen LogP contribution is 2.30. The van der Waals surface area contributed by atoms with Crippen molar-refractivity contribution in [3.05, 3.63) is 56.2 Å². The number of nitrogens with one attached hydrogen (secondary N) is 1. The molecule has 0 bridgehead atoms. The van der Waals surface area contributed by atoms with E-state index in [1.54, 1.807) is 11.3 Å². The van der Waals surface area contributed by atoms with Gasteiger partial charge in [0.05, 0.1) is 4.88 Å². The molecule has 0 saturated carbocycles. The molecular formula is C15H14ClNOS. The summed E-state index contributed by atoms with van der Waals surface area (Å²) in [7, 11) is 0. The van der Waals surface area contributed by atoms with Crippen LogP contribution in [0.4, 0.5) is 0 Å². The maximum atomic E-state index is 12.1. The van der Waals surface area contributed by atoms with Crippen LogP contribution in [0.5, 0.6) is 0 Å². The standard InChI is InChI=1S/C15H14ClNOS/c16-12-6-4-10(5-7-12)9-17-15(18)14-8-11-2-1-3-13(11)19-14/h4-8H,1-3,9H2,(H,17,18). The fourth-order valence-corrected chi connectivity index (χ4v) is 3.61. The zero-order valence-corrected chi connectivity index (χ0v) is 12.0. The predicted octanol–water partition coefficient (Wildman–Crippen LogP) is 3.82. The number of hydrogen-bond acceptors (Lipinski definition) is 2. The quantitative estimate of drug-likeness (QED) is 0.915. The fraction of sp³-hybridized carbons (Fsp3) is 0.267. The van der Waals surface area contributed by atoms with Gasteiger partial charge in [-0.25, -0.2) is 0 Å². The molecule has 0 radical (unpaired) electrons. The molecule has 0 unspecified atom stereocenters. The van der Waals surface area contributed by atoms with Crippen LogP contribution >= 0.6 is 22.9 Å². The molecule has 0 saturated heterocycles. The number of amides is 1. The third-order valence-corrected chi connectivity index (χ3v) is 4.82. The molecule has 19 heavy (non-hydrogen) atoms. The first-order valence-electron chi connectivity index (χ1n) is 6.36. The van der Waals surface area contributed by atoms with Gasteiger partial charge in [0.1, 0.15) is 0 Å². The van der Waals surface area contributed by atoms with E-state index in [1.807, 2.05) is 30.3 Å². The Morgan fingerprint density at radius 1 is 1.26 bits per heavy atom. The van der Waals surface area contributed by atoms with Gasteiger partial charge in [0, 0.05) is 16.4 Å². The van der Waals surface area contributed by atoms with Crippen LogP contribution in [0.3, 0.4) is 0 Å². The summed E-state index contributed by atoms with van der Waals surface area (Å²) >= 11 is 7.46. The Morgan fingerprint density at radius 3 is 2.79 bits per heavy atom. The van der Waals surface area contributed by atoms with Gasteiger partial charge in [-0.2, -0.15) is 0 Å². The monoisotopic (exact) mass is 291 g/mol. The molecule has 1 amide bonds. The molecule has 98 valence electrons. The van der Waals surface area contributed by atoms with Crippen molar-refractivity contribution in [2.24, 2.45) is 0 Å². The molecule has 1 heterocycles. The largest absolute Gasteiger partial charge is 0.347 e. The van der Waals surface area contributed by atoms with Crippen LogP contribution in [0.1, 0.15) is 32.1 Å². The second kappa shape index (κ2) is 5.35. The first-order valence-corrected chi connectivity index (χ1v) is 7.56. The molecule has 4 heteroatoms.